The number of ether oxygens (including phenoxy) is 4. The third-order valence-electron chi connectivity index (χ3n) is 2.31. The lowest BCUT2D eigenvalue weighted by Crippen LogP contribution is -2.28. The molecule has 4 nitrogen and oxygen atoms in total. The molecule has 1 saturated heterocycles. The smallest absolute Gasteiger partial charge is 0.0707 e. The Kier molecular flexibility index (Phi) is 6.17. The molecule has 0 saturated carbocycles. The summed E-state index contributed by atoms with van der Waals surface area (Å²) in [6.07, 6.45) is 0.896. The summed E-state index contributed by atoms with van der Waals surface area (Å²) in [6.45, 7) is 8.69. The minimum atomic E-state index is -0.127. The quantitative estimate of drug-likeness (QED) is 0.613. The van der Waals surface area contributed by atoms with E-state index < -0.39 is 0 Å². The van der Waals surface area contributed by atoms with Crippen molar-refractivity contribution in [3.63, 3.8) is 0 Å². The van der Waals surface area contributed by atoms with Gasteiger partial charge in [-0.25, -0.2) is 0 Å². The van der Waals surface area contributed by atoms with Crippen molar-refractivity contribution in [1.29, 1.82) is 0 Å². The Hall–Kier alpha value is -0.160. The highest BCUT2D eigenvalue weighted by atomic mass is 16.6. The standard InChI is InChI=1S/C11H22O4/c1-11(2)3-4-12-5-6-13-7-8-14-9-10-15-11/h3-10H2,1-2H3. The largest absolute Gasteiger partial charge is 0.379 e. The van der Waals surface area contributed by atoms with Gasteiger partial charge in [0.1, 0.15) is 0 Å². The maximum Gasteiger partial charge on any atom is 0.0707 e. The van der Waals surface area contributed by atoms with E-state index >= 15 is 0 Å². The summed E-state index contributed by atoms with van der Waals surface area (Å²) in [4.78, 5) is 0. The van der Waals surface area contributed by atoms with Gasteiger partial charge in [0.15, 0.2) is 0 Å². The van der Waals surface area contributed by atoms with E-state index in [4.69, 9.17) is 18.9 Å². The molecule has 0 spiro atoms. The summed E-state index contributed by atoms with van der Waals surface area (Å²) < 4.78 is 21.8. The van der Waals surface area contributed by atoms with Crippen molar-refractivity contribution >= 4 is 0 Å². The van der Waals surface area contributed by atoms with Gasteiger partial charge in [-0.1, -0.05) is 0 Å². The molecule has 0 aromatic carbocycles. The molecule has 0 unspecified atom stereocenters. The average Bonchev–Trinajstić information content (AvgIpc) is 2.20. The molecule has 0 atom stereocenters. The predicted octanol–water partition coefficient (Wildman–Crippen LogP) is 1.24. The van der Waals surface area contributed by atoms with Crippen LogP contribution in [-0.2, 0) is 18.9 Å². The van der Waals surface area contributed by atoms with Crippen LogP contribution in [0.2, 0.25) is 0 Å². The molecule has 1 aliphatic rings. The Balaban J connectivity index is 2.24. The van der Waals surface area contributed by atoms with E-state index in [9.17, 15) is 0 Å². The lowest BCUT2D eigenvalue weighted by atomic mass is 10.1. The van der Waals surface area contributed by atoms with Crippen LogP contribution in [0.5, 0.6) is 0 Å². The van der Waals surface area contributed by atoms with E-state index in [0.29, 0.717) is 39.6 Å². The fraction of sp³-hybridized carbons (Fsp3) is 1.00. The fourth-order valence-corrected chi connectivity index (χ4v) is 1.31. The summed E-state index contributed by atoms with van der Waals surface area (Å²) in [7, 11) is 0. The van der Waals surface area contributed by atoms with Crippen molar-refractivity contribution in [1.82, 2.24) is 0 Å². The van der Waals surface area contributed by atoms with E-state index in [1.807, 2.05) is 0 Å². The van der Waals surface area contributed by atoms with Gasteiger partial charge in [-0.2, -0.15) is 0 Å². The van der Waals surface area contributed by atoms with E-state index in [0.717, 1.165) is 13.0 Å². The second-order valence-corrected chi connectivity index (χ2v) is 4.20. The van der Waals surface area contributed by atoms with Crippen molar-refractivity contribution in [2.24, 2.45) is 0 Å². The van der Waals surface area contributed by atoms with Crippen LogP contribution in [-0.4, -0.2) is 51.8 Å². The van der Waals surface area contributed by atoms with Gasteiger partial charge in [0.2, 0.25) is 0 Å². The van der Waals surface area contributed by atoms with Gasteiger partial charge in [0, 0.05) is 6.61 Å². The molecule has 0 amide bonds. The monoisotopic (exact) mass is 218 g/mol. The Bertz CT molecular complexity index is 143. The van der Waals surface area contributed by atoms with Crippen LogP contribution in [0.25, 0.3) is 0 Å². The highest BCUT2D eigenvalue weighted by Crippen LogP contribution is 2.14. The van der Waals surface area contributed by atoms with Gasteiger partial charge < -0.3 is 18.9 Å². The maximum atomic E-state index is 5.70. The van der Waals surface area contributed by atoms with Gasteiger partial charge in [-0.15, -0.1) is 0 Å². The fourth-order valence-electron chi connectivity index (χ4n) is 1.31. The van der Waals surface area contributed by atoms with Gasteiger partial charge in [-0.3, -0.25) is 0 Å². The molecular weight excluding hydrogens is 196 g/mol. The molecule has 0 aliphatic carbocycles. The SMILES string of the molecule is CC1(C)CCOCCOCCOCCO1. The second-order valence-electron chi connectivity index (χ2n) is 4.20. The zero-order valence-electron chi connectivity index (χ0n) is 9.79. The predicted molar refractivity (Wildman–Crippen MR) is 57.1 cm³/mol. The van der Waals surface area contributed by atoms with Crippen molar-refractivity contribution < 1.29 is 18.9 Å². The second kappa shape index (κ2) is 7.17. The molecule has 1 aliphatic heterocycles. The molecule has 0 N–H and O–H groups in total. The number of rotatable bonds is 0. The number of hydrogen-bond acceptors (Lipinski definition) is 4. The van der Waals surface area contributed by atoms with E-state index in [2.05, 4.69) is 13.8 Å². The molecule has 90 valence electrons. The molecule has 15 heavy (non-hydrogen) atoms. The van der Waals surface area contributed by atoms with Crippen LogP contribution in [0, 0.1) is 0 Å². The Labute approximate surface area is 91.8 Å². The zero-order valence-corrected chi connectivity index (χ0v) is 9.79. The maximum absolute atomic E-state index is 5.70. The Morgan fingerprint density at radius 2 is 1.13 bits per heavy atom. The van der Waals surface area contributed by atoms with Gasteiger partial charge in [-0.05, 0) is 20.3 Å². The van der Waals surface area contributed by atoms with Crippen LogP contribution in [0.15, 0.2) is 0 Å². The van der Waals surface area contributed by atoms with E-state index in [1.165, 1.54) is 0 Å². The molecule has 4 heteroatoms. The summed E-state index contributed by atoms with van der Waals surface area (Å²) >= 11 is 0. The van der Waals surface area contributed by atoms with E-state index in [1.54, 1.807) is 0 Å². The first kappa shape index (κ1) is 12.9. The van der Waals surface area contributed by atoms with Crippen LogP contribution in [0.4, 0.5) is 0 Å². The summed E-state index contributed by atoms with van der Waals surface area (Å²) in [5, 5.41) is 0. The Morgan fingerprint density at radius 3 is 1.73 bits per heavy atom. The third-order valence-corrected chi connectivity index (χ3v) is 2.31. The van der Waals surface area contributed by atoms with Crippen LogP contribution < -0.4 is 0 Å². The van der Waals surface area contributed by atoms with Crippen LogP contribution in [0.3, 0.4) is 0 Å². The molecule has 0 aromatic heterocycles. The van der Waals surface area contributed by atoms with Gasteiger partial charge in [0.05, 0.1) is 45.2 Å². The molecular formula is C11H22O4. The van der Waals surface area contributed by atoms with Gasteiger partial charge >= 0.3 is 0 Å². The lowest BCUT2D eigenvalue weighted by Gasteiger charge is -2.25. The van der Waals surface area contributed by atoms with E-state index in [-0.39, 0.29) is 5.60 Å². The van der Waals surface area contributed by atoms with Crippen LogP contribution in [0.1, 0.15) is 20.3 Å². The van der Waals surface area contributed by atoms with Crippen molar-refractivity contribution in [2.45, 2.75) is 25.9 Å². The zero-order chi connectivity index (χ0) is 11.0. The number of hydrogen-bond donors (Lipinski definition) is 0. The summed E-state index contributed by atoms with van der Waals surface area (Å²) in [5.41, 5.74) is -0.127. The Morgan fingerprint density at radius 1 is 0.667 bits per heavy atom. The average molecular weight is 218 g/mol. The first-order valence-corrected chi connectivity index (χ1v) is 5.58. The highest BCUT2D eigenvalue weighted by molar-refractivity contribution is 4.67. The molecule has 0 bridgehead atoms. The summed E-state index contributed by atoms with van der Waals surface area (Å²) in [6, 6.07) is 0. The highest BCUT2D eigenvalue weighted by Gasteiger charge is 2.17. The molecule has 1 rings (SSSR count). The minimum absolute atomic E-state index is 0.127. The normalized spacial score (nSPS) is 26.0. The first-order chi connectivity index (χ1) is 7.21. The summed E-state index contributed by atoms with van der Waals surface area (Å²) in [5.74, 6) is 0. The first-order valence-electron chi connectivity index (χ1n) is 5.58. The third kappa shape index (κ3) is 6.84. The molecule has 0 radical (unpaired) electrons. The van der Waals surface area contributed by atoms with Crippen molar-refractivity contribution in [3.05, 3.63) is 0 Å². The van der Waals surface area contributed by atoms with Crippen molar-refractivity contribution in [3.8, 4) is 0 Å². The molecule has 0 aromatic rings. The van der Waals surface area contributed by atoms with Crippen LogP contribution >= 0.6 is 0 Å². The van der Waals surface area contributed by atoms with Crippen molar-refractivity contribution in [2.75, 3.05) is 46.2 Å². The lowest BCUT2D eigenvalue weighted by molar-refractivity contribution is -0.0600. The molecule has 1 heterocycles. The van der Waals surface area contributed by atoms with Gasteiger partial charge in [0.25, 0.3) is 0 Å². The minimum Gasteiger partial charge on any atom is -0.379 e. The topological polar surface area (TPSA) is 36.9 Å². The molecule has 1 fully saturated rings.